The maximum atomic E-state index is 12.2. The summed E-state index contributed by atoms with van der Waals surface area (Å²) in [5, 5.41) is 0. The number of carbonyl (C=O) groups excluding carboxylic acids is 2. The highest BCUT2D eigenvalue weighted by Crippen LogP contribution is 2.67. The van der Waals surface area contributed by atoms with E-state index in [0.29, 0.717) is 17.3 Å². The van der Waals surface area contributed by atoms with Crippen LogP contribution in [0, 0.1) is 46.3 Å². The Morgan fingerprint density at radius 1 is 1.03 bits per heavy atom. The van der Waals surface area contributed by atoms with Gasteiger partial charge < -0.3 is 20.9 Å². The first-order chi connectivity index (χ1) is 17.9. The molecule has 0 saturated heterocycles. The number of esters is 2. The van der Waals surface area contributed by atoms with Gasteiger partial charge in [0.2, 0.25) is 0 Å². The molecule has 3 saturated carbocycles. The lowest BCUT2D eigenvalue weighted by molar-refractivity contribution is -0.153. The third kappa shape index (κ3) is 5.59. The predicted molar refractivity (Wildman–Crippen MR) is 151 cm³/mol. The predicted octanol–water partition coefficient (Wildman–Crippen LogP) is 5.77. The average Bonchev–Trinajstić information content (AvgIpc) is 3.23. The quantitative estimate of drug-likeness (QED) is 0.290. The Labute approximate surface area is 231 Å². The molecule has 0 spiro atoms. The van der Waals surface area contributed by atoms with Gasteiger partial charge in [0.15, 0.2) is 0 Å². The van der Waals surface area contributed by atoms with Gasteiger partial charge in [0, 0.05) is 6.42 Å². The molecule has 38 heavy (non-hydrogen) atoms. The van der Waals surface area contributed by atoms with Crippen molar-refractivity contribution < 1.29 is 19.1 Å². The van der Waals surface area contributed by atoms with Gasteiger partial charge in [-0.15, -0.1) is 0 Å². The Balaban J connectivity index is 1.41. The standard InChI is InChI=1S/C32H54N2O4/c1-19(2)28(38-30(36)21(4)34)12-7-20(3)25-10-11-26-24-9-8-22-17-23(37-29(35)18-33)13-15-31(22,5)27(24)14-16-32(25,26)6/h8,19-21,23-28H,7,9-18,33-34H2,1-6H3/t20-,21+,23+,24+,25-,26+,27+,28?,31+,32-/m1/s1. The third-order valence-electron chi connectivity index (χ3n) is 11.6. The van der Waals surface area contributed by atoms with Crippen LogP contribution in [0.1, 0.15) is 106 Å². The molecule has 0 aromatic heterocycles. The maximum absolute atomic E-state index is 12.2. The molecule has 216 valence electrons. The van der Waals surface area contributed by atoms with Crippen molar-refractivity contribution in [1.82, 2.24) is 0 Å². The summed E-state index contributed by atoms with van der Waals surface area (Å²) in [5.74, 6) is 3.37. The number of ether oxygens (including phenoxy) is 2. The van der Waals surface area contributed by atoms with Crippen LogP contribution in [0.4, 0.5) is 0 Å². The molecular formula is C32H54N2O4. The van der Waals surface area contributed by atoms with Crippen LogP contribution in [-0.4, -0.2) is 36.7 Å². The molecule has 6 heteroatoms. The van der Waals surface area contributed by atoms with Gasteiger partial charge in [-0.2, -0.15) is 0 Å². The van der Waals surface area contributed by atoms with Crippen LogP contribution in [0.2, 0.25) is 0 Å². The molecule has 3 fully saturated rings. The zero-order valence-corrected chi connectivity index (χ0v) is 24.8. The van der Waals surface area contributed by atoms with E-state index in [0.717, 1.165) is 55.8 Å². The minimum Gasteiger partial charge on any atom is -0.461 e. The Morgan fingerprint density at radius 3 is 2.42 bits per heavy atom. The first kappa shape index (κ1) is 29.6. The van der Waals surface area contributed by atoms with Crippen LogP contribution in [0.3, 0.4) is 0 Å². The molecule has 0 aromatic rings. The number of carbonyl (C=O) groups is 2. The second kappa shape index (κ2) is 11.6. The van der Waals surface area contributed by atoms with Gasteiger partial charge in [0.25, 0.3) is 0 Å². The van der Waals surface area contributed by atoms with Crippen molar-refractivity contribution in [3.63, 3.8) is 0 Å². The van der Waals surface area contributed by atoms with Crippen molar-refractivity contribution >= 4 is 11.9 Å². The number of hydrogen-bond donors (Lipinski definition) is 2. The van der Waals surface area contributed by atoms with Crippen LogP contribution in [0.15, 0.2) is 11.6 Å². The second-order valence-electron chi connectivity index (χ2n) is 14.1. The van der Waals surface area contributed by atoms with E-state index < -0.39 is 6.04 Å². The summed E-state index contributed by atoms with van der Waals surface area (Å²) in [7, 11) is 0. The molecule has 4 rings (SSSR count). The zero-order chi connectivity index (χ0) is 27.8. The molecule has 4 aliphatic carbocycles. The fraction of sp³-hybridized carbons (Fsp3) is 0.875. The van der Waals surface area contributed by atoms with Crippen molar-refractivity contribution in [3.05, 3.63) is 11.6 Å². The van der Waals surface area contributed by atoms with Crippen LogP contribution >= 0.6 is 0 Å². The number of hydrogen-bond acceptors (Lipinski definition) is 6. The van der Waals surface area contributed by atoms with Crippen LogP contribution in [0.5, 0.6) is 0 Å². The molecule has 0 heterocycles. The highest BCUT2D eigenvalue weighted by molar-refractivity contribution is 5.75. The first-order valence-corrected chi connectivity index (χ1v) is 15.5. The second-order valence-corrected chi connectivity index (χ2v) is 14.1. The summed E-state index contributed by atoms with van der Waals surface area (Å²) in [6.45, 7) is 13.5. The largest absolute Gasteiger partial charge is 0.461 e. The summed E-state index contributed by atoms with van der Waals surface area (Å²) in [4.78, 5) is 23.9. The third-order valence-corrected chi connectivity index (χ3v) is 11.6. The monoisotopic (exact) mass is 530 g/mol. The van der Waals surface area contributed by atoms with Crippen LogP contribution in [0.25, 0.3) is 0 Å². The molecule has 0 amide bonds. The number of rotatable bonds is 9. The van der Waals surface area contributed by atoms with Gasteiger partial charge in [0.1, 0.15) is 18.2 Å². The van der Waals surface area contributed by atoms with Crippen molar-refractivity contribution in [2.75, 3.05) is 6.54 Å². The van der Waals surface area contributed by atoms with E-state index in [1.807, 2.05) is 0 Å². The lowest BCUT2D eigenvalue weighted by Gasteiger charge is -2.58. The number of fused-ring (bicyclic) bond motifs is 5. The van der Waals surface area contributed by atoms with Crippen LogP contribution < -0.4 is 11.5 Å². The lowest BCUT2D eigenvalue weighted by atomic mass is 9.47. The summed E-state index contributed by atoms with van der Waals surface area (Å²) >= 11 is 0. The molecule has 0 bridgehead atoms. The molecule has 10 atom stereocenters. The van der Waals surface area contributed by atoms with Crippen molar-refractivity contribution in [2.45, 2.75) is 124 Å². The van der Waals surface area contributed by atoms with E-state index >= 15 is 0 Å². The van der Waals surface area contributed by atoms with Gasteiger partial charge in [-0.05, 0) is 111 Å². The van der Waals surface area contributed by atoms with Crippen LogP contribution in [-0.2, 0) is 19.1 Å². The minimum absolute atomic E-state index is 0.00510. The SMILES string of the molecule is CC(C)C(CC[C@@H](C)[C@H]1CC[C@H]2[C@@H]3CC=C4C[C@@H](OC(=O)CN)CC[C@]4(C)[C@H]3CC[C@]12C)OC(=O)[C@H](C)N. The number of nitrogens with two attached hydrogens (primary N) is 2. The Bertz CT molecular complexity index is 900. The number of allylic oxidation sites excluding steroid dienone is 1. The van der Waals surface area contributed by atoms with E-state index in [1.54, 1.807) is 6.92 Å². The minimum atomic E-state index is -0.568. The molecule has 0 aliphatic heterocycles. The smallest absolute Gasteiger partial charge is 0.322 e. The molecule has 6 nitrogen and oxygen atoms in total. The summed E-state index contributed by atoms with van der Waals surface area (Å²) in [5.41, 5.74) is 13.4. The Hall–Kier alpha value is -1.40. The highest BCUT2D eigenvalue weighted by atomic mass is 16.5. The molecule has 1 unspecified atom stereocenters. The van der Waals surface area contributed by atoms with E-state index in [1.165, 1.54) is 37.7 Å². The van der Waals surface area contributed by atoms with Crippen molar-refractivity contribution in [1.29, 1.82) is 0 Å². The van der Waals surface area contributed by atoms with E-state index in [9.17, 15) is 9.59 Å². The van der Waals surface area contributed by atoms with E-state index in [4.69, 9.17) is 20.9 Å². The summed E-state index contributed by atoms with van der Waals surface area (Å²) < 4.78 is 11.4. The zero-order valence-electron chi connectivity index (χ0n) is 24.8. The Kier molecular flexibility index (Phi) is 9.03. The normalized spacial score (nSPS) is 38.8. The van der Waals surface area contributed by atoms with Gasteiger partial charge in [-0.3, -0.25) is 9.59 Å². The van der Waals surface area contributed by atoms with Gasteiger partial charge in [-0.25, -0.2) is 0 Å². The first-order valence-electron chi connectivity index (χ1n) is 15.5. The molecule has 4 N–H and O–H groups in total. The summed E-state index contributed by atoms with van der Waals surface area (Å²) in [6, 6.07) is -0.568. The Morgan fingerprint density at radius 2 is 1.76 bits per heavy atom. The molecule has 0 radical (unpaired) electrons. The van der Waals surface area contributed by atoms with E-state index in [-0.39, 0.29) is 36.1 Å². The topological polar surface area (TPSA) is 105 Å². The fourth-order valence-electron chi connectivity index (χ4n) is 9.35. The van der Waals surface area contributed by atoms with Gasteiger partial charge >= 0.3 is 11.9 Å². The molecular weight excluding hydrogens is 476 g/mol. The fourth-order valence-corrected chi connectivity index (χ4v) is 9.35. The van der Waals surface area contributed by atoms with E-state index in [2.05, 4.69) is 40.7 Å². The highest BCUT2D eigenvalue weighted by Gasteiger charge is 2.59. The molecule has 0 aromatic carbocycles. The summed E-state index contributed by atoms with van der Waals surface area (Å²) in [6.07, 6.45) is 13.9. The van der Waals surface area contributed by atoms with Gasteiger partial charge in [-0.1, -0.05) is 46.3 Å². The average molecular weight is 531 g/mol. The van der Waals surface area contributed by atoms with Crippen molar-refractivity contribution in [2.24, 2.45) is 57.8 Å². The lowest BCUT2D eigenvalue weighted by Crippen LogP contribution is -2.51. The van der Waals surface area contributed by atoms with Crippen molar-refractivity contribution in [3.8, 4) is 0 Å². The molecule has 4 aliphatic rings. The van der Waals surface area contributed by atoms with Gasteiger partial charge in [0.05, 0.1) is 6.54 Å². The maximum Gasteiger partial charge on any atom is 0.322 e.